The standard InChI is InChI=1S/C33H45N7O7S/c1-21(41)18-35-32-30(23(3)25(17-34)31(37-32)36-24-11-9-8-10-12-24)39-38-26-15-28(47-7)29(16-27(26)46-6)48(44,45)14-13-40(19-22(2)42)20-33(4,5)43/h8-12,15-16,21-22,41-43H,13-14,18-20H2,1-7H3,(H2,35,36,37). The molecular formula is C33H45N7O7S. The van der Waals surface area contributed by atoms with Crippen LogP contribution in [-0.2, 0) is 9.84 Å². The van der Waals surface area contributed by atoms with E-state index in [4.69, 9.17) is 9.47 Å². The molecule has 1 heterocycles. The molecule has 15 heteroatoms. The van der Waals surface area contributed by atoms with Crippen LogP contribution in [0.15, 0.2) is 57.6 Å². The smallest absolute Gasteiger partial charge is 0.183 e. The van der Waals surface area contributed by atoms with Crippen molar-refractivity contribution in [3.8, 4) is 17.6 Å². The van der Waals surface area contributed by atoms with E-state index in [1.165, 1.54) is 26.4 Å². The number of methoxy groups -OCH3 is 2. The van der Waals surface area contributed by atoms with E-state index in [9.17, 15) is 29.0 Å². The molecule has 0 saturated heterocycles. The van der Waals surface area contributed by atoms with Crippen molar-refractivity contribution in [2.24, 2.45) is 10.2 Å². The summed E-state index contributed by atoms with van der Waals surface area (Å²) in [6.45, 7) is 8.65. The largest absolute Gasteiger partial charge is 0.495 e. The van der Waals surface area contributed by atoms with Gasteiger partial charge in [-0.1, -0.05) is 18.2 Å². The van der Waals surface area contributed by atoms with E-state index in [2.05, 4.69) is 31.9 Å². The molecule has 2 atom stereocenters. The maximum atomic E-state index is 13.6. The minimum absolute atomic E-state index is 0.0109. The number of ether oxygens (including phenoxy) is 2. The fourth-order valence-electron chi connectivity index (χ4n) is 4.86. The van der Waals surface area contributed by atoms with E-state index in [0.29, 0.717) is 5.56 Å². The lowest BCUT2D eigenvalue weighted by Crippen LogP contribution is -2.43. The quantitative estimate of drug-likeness (QED) is 0.125. The number of rotatable bonds is 17. The second-order valence-corrected chi connectivity index (χ2v) is 14.2. The lowest BCUT2D eigenvalue weighted by atomic mass is 10.1. The lowest BCUT2D eigenvalue weighted by Gasteiger charge is -2.29. The van der Waals surface area contributed by atoms with Gasteiger partial charge in [0.25, 0.3) is 0 Å². The summed E-state index contributed by atoms with van der Waals surface area (Å²) in [5, 5.41) is 55.2. The Labute approximate surface area is 282 Å². The van der Waals surface area contributed by atoms with Crippen molar-refractivity contribution in [3.05, 3.63) is 53.6 Å². The van der Waals surface area contributed by atoms with Crippen LogP contribution in [0.2, 0.25) is 0 Å². The minimum Gasteiger partial charge on any atom is -0.495 e. The molecule has 48 heavy (non-hydrogen) atoms. The molecule has 14 nitrogen and oxygen atoms in total. The normalized spacial score (nSPS) is 13.3. The van der Waals surface area contributed by atoms with E-state index < -0.39 is 27.6 Å². The van der Waals surface area contributed by atoms with Crippen LogP contribution >= 0.6 is 0 Å². The molecule has 2 aromatic carbocycles. The first-order valence-electron chi connectivity index (χ1n) is 15.3. The van der Waals surface area contributed by atoms with Crippen molar-refractivity contribution in [1.82, 2.24) is 9.88 Å². The Morgan fingerprint density at radius 1 is 1.04 bits per heavy atom. The molecule has 3 aromatic rings. The van der Waals surface area contributed by atoms with Crippen LogP contribution in [0.4, 0.5) is 28.7 Å². The minimum atomic E-state index is -3.94. The number of anilines is 3. The number of para-hydroxylation sites is 1. The lowest BCUT2D eigenvalue weighted by molar-refractivity contribution is 0.0236. The van der Waals surface area contributed by atoms with Crippen LogP contribution < -0.4 is 20.1 Å². The van der Waals surface area contributed by atoms with Gasteiger partial charge in [-0.25, -0.2) is 13.4 Å². The number of hydrogen-bond acceptors (Lipinski definition) is 14. The number of nitrogens with zero attached hydrogens (tertiary/aromatic N) is 5. The number of pyridine rings is 1. The van der Waals surface area contributed by atoms with Crippen LogP contribution in [0.25, 0.3) is 0 Å². The molecule has 2 unspecified atom stereocenters. The van der Waals surface area contributed by atoms with Crippen LogP contribution in [0.3, 0.4) is 0 Å². The third kappa shape index (κ3) is 10.6. The number of nitrogens with one attached hydrogen (secondary N) is 2. The summed E-state index contributed by atoms with van der Waals surface area (Å²) in [6, 6.07) is 14.1. The van der Waals surface area contributed by atoms with Crippen molar-refractivity contribution >= 4 is 38.5 Å². The number of sulfone groups is 1. The molecule has 0 spiro atoms. The zero-order valence-electron chi connectivity index (χ0n) is 28.4. The molecule has 260 valence electrons. The first-order valence-corrected chi connectivity index (χ1v) is 17.0. The van der Waals surface area contributed by atoms with E-state index in [1.807, 2.05) is 30.3 Å². The van der Waals surface area contributed by atoms with Gasteiger partial charge in [-0.2, -0.15) is 5.26 Å². The van der Waals surface area contributed by atoms with E-state index in [-0.39, 0.29) is 76.9 Å². The van der Waals surface area contributed by atoms with Gasteiger partial charge in [0.1, 0.15) is 33.8 Å². The third-order valence-corrected chi connectivity index (χ3v) is 8.70. The summed E-state index contributed by atoms with van der Waals surface area (Å²) in [6.07, 6.45) is -1.44. The highest BCUT2D eigenvalue weighted by Crippen LogP contribution is 2.41. The summed E-state index contributed by atoms with van der Waals surface area (Å²) in [5.74, 6) is 0.336. The van der Waals surface area contributed by atoms with Crippen LogP contribution in [0.1, 0.15) is 38.8 Å². The molecule has 0 bridgehead atoms. The average Bonchev–Trinajstić information content (AvgIpc) is 3.01. The predicted molar refractivity (Wildman–Crippen MR) is 184 cm³/mol. The zero-order valence-corrected chi connectivity index (χ0v) is 29.2. The Kier molecular flexibility index (Phi) is 13.2. The van der Waals surface area contributed by atoms with Crippen molar-refractivity contribution in [1.29, 1.82) is 5.26 Å². The number of aliphatic hydroxyl groups excluding tert-OH is 2. The molecule has 0 radical (unpaired) electrons. The molecular weight excluding hydrogens is 638 g/mol. The van der Waals surface area contributed by atoms with Crippen LogP contribution in [0, 0.1) is 18.3 Å². The summed E-state index contributed by atoms with van der Waals surface area (Å²) < 4.78 is 38.1. The monoisotopic (exact) mass is 683 g/mol. The van der Waals surface area contributed by atoms with Gasteiger partial charge in [-0.05, 0) is 46.8 Å². The summed E-state index contributed by atoms with van der Waals surface area (Å²) in [7, 11) is -1.24. The average molecular weight is 684 g/mol. The zero-order chi connectivity index (χ0) is 35.6. The van der Waals surface area contributed by atoms with Gasteiger partial charge in [-0.15, -0.1) is 10.2 Å². The Morgan fingerprint density at radius 2 is 1.71 bits per heavy atom. The fourth-order valence-corrected chi connectivity index (χ4v) is 6.32. The SMILES string of the molecule is COc1cc(S(=O)(=O)CCN(CC(C)O)CC(C)(C)O)c(OC)cc1N=Nc1c(NCC(C)O)nc(Nc2ccccc2)c(C#N)c1C. The molecule has 1 aromatic heterocycles. The number of benzene rings is 2. The molecule has 5 N–H and O–H groups in total. The summed E-state index contributed by atoms with van der Waals surface area (Å²) in [4.78, 5) is 6.16. The number of azo groups is 1. The van der Waals surface area contributed by atoms with Gasteiger partial charge in [0.15, 0.2) is 21.5 Å². The van der Waals surface area contributed by atoms with Gasteiger partial charge in [0, 0.05) is 49.6 Å². The van der Waals surface area contributed by atoms with Gasteiger partial charge in [-0.3, -0.25) is 4.90 Å². The van der Waals surface area contributed by atoms with Crippen molar-refractivity contribution in [2.45, 2.75) is 57.3 Å². The number of nitriles is 1. The Hall–Kier alpha value is -4.33. The van der Waals surface area contributed by atoms with E-state index in [1.54, 1.807) is 39.5 Å². The predicted octanol–water partition coefficient (Wildman–Crippen LogP) is 4.46. The Balaban J connectivity index is 2.03. The number of aliphatic hydroxyl groups is 3. The highest BCUT2D eigenvalue weighted by molar-refractivity contribution is 7.91. The molecule has 0 aliphatic heterocycles. The first-order chi connectivity index (χ1) is 22.6. The Bertz CT molecular complexity index is 1720. The second-order valence-electron chi connectivity index (χ2n) is 12.1. The molecule has 3 rings (SSSR count). The topological polar surface area (TPSA) is 202 Å². The van der Waals surface area contributed by atoms with Crippen molar-refractivity contribution in [3.63, 3.8) is 0 Å². The number of aromatic nitrogens is 1. The van der Waals surface area contributed by atoms with Crippen molar-refractivity contribution in [2.75, 3.05) is 56.8 Å². The van der Waals surface area contributed by atoms with Gasteiger partial charge >= 0.3 is 0 Å². The van der Waals surface area contributed by atoms with Gasteiger partial charge < -0.3 is 35.4 Å². The Morgan fingerprint density at radius 3 is 2.27 bits per heavy atom. The molecule has 0 aliphatic carbocycles. The maximum Gasteiger partial charge on any atom is 0.183 e. The van der Waals surface area contributed by atoms with E-state index >= 15 is 0 Å². The van der Waals surface area contributed by atoms with Crippen molar-refractivity contribution < 1.29 is 33.2 Å². The summed E-state index contributed by atoms with van der Waals surface area (Å²) in [5.41, 5.74) is 0.691. The molecule has 0 saturated carbocycles. The molecule has 0 aliphatic rings. The second kappa shape index (κ2) is 16.7. The third-order valence-electron chi connectivity index (χ3n) is 7.00. The summed E-state index contributed by atoms with van der Waals surface area (Å²) >= 11 is 0. The molecule has 0 amide bonds. The number of hydrogen-bond donors (Lipinski definition) is 5. The first kappa shape index (κ1) is 38.1. The fraction of sp³-hybridized carbons (Fsp3) is 0.455. The highest BCUT2D eigenvalue weighted by atomic mass is 32.2. The van der Waals surface area contributed by atoms with Gasteiger partial charge in [0.2, 0.25) is 0 Å². The maximum absolute atomic E-state index is 13.6. The molecule has 0 fully saturated rings. The van der Waals surface area contributed by atoms with Crippen LogP contribution in [0.5, 0.6) is 11.5 Å². The van der Waals surface area contributed by atoms with Gasteiger partial charge in [0.05, 0.1) is 43.3 Å². The highest BCUT2D eigenvalue weighted by Gasteiger charge is 2.26. The van der Waals surface area contributed by atoms with Crippen LogP contribution in [-0.4, -0.2) is 97.6 Å². The van der Waals surface area contributed by atoms with E-state index in [0.717, 1.165) is 5.69 Å².